The van der Waals surface area contributed by atoms with Gasteiger partial charge in [0.1, 0.15) is 12.4 Å². The van der Waals surface area contributed by atoms with E-state index in [1.54, 1.807) is 18.2 Å². The highest BCUT2D eigenvalue weighted by Gasteiger charge is 2.26. The van der Waals surface area contributed by atoms with E-state index in [9.17, 15) is 4.79 Å². The van der Waals surface area contributed by atoms with Gasteiger partial charge in [-0.25, -0.2) is 5.84 Å². The molecule has 0 unspecified atom stereocenters. The van der Waals surface area contributed by atoms with Crippen molar-refractivity contribution in [3.63, 3.8) is 0 Å². The molecule has 0 radical (unpaired) electrons. The average Bonchev–Trinajstić information content (AvgIpc) is 2.46. The highest BCUT2D eigenvalue weighted by atomic mass is 16.5. The number of nitrogens with zero attached hydrogens (tertiary/aromatic N) is 1. The summed E-state index contributed by atoms with van der Waals surface area (Å²) in [6, 6.07) is 6.99. The van der Waals surface area contributed by atoms with Crippen LogP contribution in [0, 0.1) is 0 Å². The van der Waals surface area contributed by atoms with Crippen LogP contribution in [0.15, 0.2) is 24.3 Å². The van der Waals surface area contributed by atoms with Crippen molar-refractivity contribution in [2.45, 2.75) is 19.4 Å². The molecule has 0 aromatic heterocycles. The van der Waals surface area contributed by atoms with Gasteiger partial charge in [-0.15, -0.1) is 0 Å². The molecule has 0 aliphatic carbocycles. The molecule has 6 nitrogen and oxygen atoms in total. The molecule has 116 valence electrons. The molecule has 1 heterocycles. The van der Waals surface area contributed by atoms with Gasteiger partial charge in [0.25, 0.3) is 5.91 Å². The van der Waals surface area contributed by atoms with Crippen LogP contribution in [0.4, 0.5) is 0 Å². The Morgan fingerprint density at radius 3 is 3.05 bits per heavy atom. The second-order valence-corrected chi connectivity index (χ2v) is 5.73. The van der Waals surface area contributed by atoms with Crippen molar-refractivity contribution in [1.29, 1.82) is 0 Å². The molecule has 1 aromatic carbocycles. The largest absolute Gasteiger partial charge is 0.492 e. The Kier molecular flexibility index (Phi) is 5.17. The van der Waals surface area contributed by atoms with Gasteiger partial charge in [0, 0.05) is 25.2 Å². The summed E-state index contributed by atoms with van der Waals surface area (Å²) in [5.41, 5.74) is 2.50. The van der Waals surface area contributed by atoms with Crippen LogP contribution in [0.5, 0.6) is 5.75 Å². The number of benzene rings is 1. The van der Waals surface area contributed by atoms with Crippen LogP contribution in [0.1, 0.15) is 24.2 Å². The molecule has 0 bridgehead atoms. The second-order valence-electron chi connectivity index (χ2n) is 5.73. The van der Waals surface area contributed by atoms with E-state index in [0.717, 1.165) is 26.2 Å². The summed E-state index contributed by atoms with van der Waals surface area (Å²) in [6.07, 6.45) is 0. The normalized spacial score (nSPS) is 18.2. The number of rotatable bonds is 5. The fourth-order valence-electron chi connectivity index (χ4n) is 2.41. The first-order valence-corrected chi connectivity index (χ1v) is 7.10. The van der Waals surface area contributed by atoms with Crippen LogP contribution in [-0.2, 0) is 4.74 Å². The summed E-state index contributed by atoms with van der Waals surface area (Å²) in [5.74, 6) is 5.46. The monoisotopic (exact) mass is 293 g/mol. The van der Waals surface area contributed by atoms with Gasteiger partial charge in [0.15, 0.2) is 0 Å². The molecule has 1 fully saturated rings. The van der Waals surface area contributed by atoms with Gasteiger partial charge in [-0.05, 0) is 32.0 Å². The highest BCUT2D eigenvalue weighted by Crippen LogP contribution is 2.17. The van der Waals surface area contributed by atoms with Crippen LogP contribution in [0.3, 0.4) is 0 Å². The van der Waals surface area contributed by atoms with Crippen molar-refractivity contribution in [3.05, 3.63) is 29.8 Å². The van der Waals surface area contributed by atoms with Crippen molar-refractivity contribution >= 4 is 5.91 Å². The summed E-state index contributed by atoms with van der Waals surface area (Å²) in [7, 11) is 0. The Bertz CT molecular complexity index is 491. The summed E-state index contributed by atoms with van der Waals surface area (Å²) >= 11 is 0. The van der Waals surface area contributed by atoms with Crippen molar-refractivity contribution in [1.82, 2.24) is 10.3 Å². The highest BCUT2D eigenvalue weighted by molar-refractivity contribution is 5.94. The molecule has 1 aliphatic rings. The molecule has 3 N–H and O–H groups in total. The van der Waals surface area contributed by atoms with Gasteiger partial charge in [0.2, 0.25) is 0 Å². The molecule has 1 amide bonds. The zero-order chi connectivity index (χ0) is 15.3. The fourth-order valence-corrected chi connectivity index (χ4v) is 2.41. The summed E-state index contributed by atoms with van der Waals surface area (Å²) in [6.45, 7) is 8.15. The number of hydrogen-bond donors (Lipinski definition) is 2. The van der Waals surface area contributed by atoms with Gasteiger partial charge in [0.05, 0.1) is 12.2 Å². The fraction of sp³-hybridized carbons (Fsp3) is 0.533. The standard InChI is InChI=1S/C15H23N3O3/c1-15(2)11-18(7-9-21-15)6-8-20-13-5-3-4-12(10-13)14(19)17-16/h3-5,10H,6-9,11,16H2,1-2H3,(H,17,19). The number of nitrogen functional groups attached to an aromatic ring is 1. The van der Waals surface area contributed by atoms with Crippen LogP contribution >= 0.6 is 0 Å². The van der Waals surface area contributed by atoms with Gasteiger partial charge in [-0.2, -0.15) is 0 Å². The second kappa shape index (κ2) is 6.89. The Labute approximate surface area is 125 Å². The first-order chi connectivity index (χ1) is 10.00. The van der Waals surface area contributed by atoms with Gasteiger partial charge < -0.3 is 9.47 Å². The maximum atomic E-state index is 11.4. The first kappa shape index (κ1) is 15.8. The third-order valence-corrected chi connectivity index (χ3v) is 3.41. The number of nitrogens with one attached hydrogen (secondary N) is 1. The van der Waals surface area contributed by atoms with Crippen molar-refractivity contribution in [3.8, 4) is 5.75 Å². The topological polar surface area (TPSA) is 76.8 Å². The van der Waals surface area contributed by atoms with Crippen molar-refractivity contribution in [2.24, 2.45) is 5.84 Å². The zero-order valence-electron chi connectivity index (χ0n) is 12.6. The Morgan fingerprint density at radius 2 is 2.33 bits per heavy atom. The van der Waals surface area contributed by atoms with Gasteiger partial charge in [-0.1, -0.05) is 6.07 Å². The summed E-state index contributed by atoms with van der Waals surface area (Å²) in [4.78, 5) is 13.8. The number of hydrogen-bond acceptors (Lipinski definition) is 5. The zero-order valence-corrected chi connectivity index (χ0v) is 12.6. The molecule has 0 saturated carbocycles. The lowest BCUT2D eigenvalue weighted by Crippen LogP contribution is -2.49. The minimum atomic E-state index is -0.324. The first-order valence-electron chi connectivity index (χ1n) is 7.10. The molecule has 2 rings (SSSR count). The van der Waals surface area contributed by atoms with E-state index in [1.807, 2.05) is 6.07 Å². The molecular weight excluding hydrogens is 270 g/mol. The van der Waals surface area contributed by atoms with E-state index in [1.165, 1.54) is 0 Å². The number of amides is 1. The van der Waals surface area contributed by atoms with E-state index in [2.05, 4.69) is 24.2 Å². The van der Waals surface area contributed by atoms with E-state index < -0.39 is 0 Å². The van der Waals surface area contributed by atoms with E-state index in [0.29, 0.717) is 17.9 Å². The quantitative estimate of drug-likeness (QED) is 0.476. The number of ether oxygens (including phenoxy) is 2. The van der Waals surface area contributed by atoms with Crippen LogP contribution in [-0.4, -0.2) is 49.3 Å². The van der Waals surface area contributed by atoms with Crippen molar-refractivity contribution in [2.75, 3.05) is 32.8 Å². The number of morpholine rings is 1. The molecule has 1 aromatic rings. The lowest BCUT2D eigenvalue weighted by atomic mass is 10.1. The molecular formula is C15H23N3O3. The van der Waals surface area contributed by atoms with Crippen molar-refractivity contribution < 1.29 is 14.3 Å². The number of hydrazine groups is 1. The third-order valence-electron chi connectivity index (χ3n) is 3.41. The minimum absolute atomic E-state index is 0.0998. The average molecular weight is 293 g/mol. The summed E-state index contributed by atoms with van der Waals surface area (Å²) in [5, 5.41) is 0. The molecule has 0 atom stereocenters. The van der Waals surface area contributed by atoms with Crippen LogP contribution in [0.25, 0.3) is 0 Å². The predicted octanol–water partition coefficient (Wildman–Crippen LogP) is 0.780. The molecule has 21 heavy (non-hydrogen) atoms. The van der Waals surface area contributed by atoms with E-state index in [4.69, 9.17) is 15.3 Å². The van der Waals surface area contributed by atoms with E-state index in [-0.39, 0.29) is 11.5 Å². The Balaban J connectivity index is 1.82. The molecule has 1 aliphatic heterocycles. The molecule has 0 spiro atoms. The Morgan fingerprint density at radius 1 is 1.52 bits per heavy atom. The maximum absolute atomic E-state index is 11.4. The summed E-state index contributed by atoms with van der Waals surface area (Å²) < 4.78 is 11.4. The predicted molar refractivity (Wildman–Crippen MR) is 80.1 cm³/mol. The third kappa shape index (κ3) is 4.70. The minimum Gasteiger partial charge on any atom is -0.492 e. The molecule has 1 saturated heterocycles. The SMILES string of the molecule is CC1(C)CN(CCOc2cccc(C(=O)NN)c2)CCO1. The smallest absolute Gasteiger partial charge is 0.265 e. The number of nitrogens with two attached hydrogens (primary N) is 1. The van der Waals surface area contributed by atoms with Crippen LogP contribution < -0.4 is 16.0 Å². The van der Waals surface area contributed by atoms with E-state index >= 15 is 0 Å². The molecule has 6 heteroatoms. The lowest BCUT2D eigenvalue weighted by molar-refractivity contribution is -0.0875. The number of carbonyl (C=O) groups is 1. The number of carbonyl (C=O) groups excluding carboxylic acids is 1. The Hall–Kier alpha value is -1.63. The van der Waals surface area contributed by atoms with Gasteiger partial charge in [-0.3, -0.25) is 15.1 Å². The van der Waals surface area contributed by atoms with Crippen LogP contribution in [0.2, 0.25) is 0 Å². The lowest BCUT2D eigenvalue weighted by Gasteiger charge is -2.38. The maximum Gasteiger partial charge on any atom is 0.265 e. The van der Waals surface area contributed by atoms with Gasteiger partial charge >= 0.3 is 0 Å².